The van der Waals surface area contributed by atoms with Gasteiger partial charge in [0.1, 0.15) is 11.9 Å². The summed E-state index contributed by atoms with van der Waals surface area (Å²) in [4.78, 5) is 0. The van der Waals surface area contributed by atoms with Gasteiger partial charge in [0.15, 0.2) is 0 Å². The van der Waals surface area contributed by atoms with E-state index in [9.17, 15) is 9.50 Å². The molecule has 0 aliphatic carbocycles. The first-order chi connectivity index (χ1) is 9.11. The lowest BCUT2D eigenvalue weighted by Crippen LogP contribution is -2.06. The second-order valence-corrected chi connectivity index (χ2v) is 4.73. The van der Waals surface area contributed by atoms with Gasteiger partial charge in [0, 0.05) is 12.5 Å². The van der Waals surface area contributed by atoms with Gasteiger partial charge in [0.05, 0.1) is 17.3 Å². The summed E-state index contributed by atoms with van der Waals surface area (Å²) in [6, 6.07) is 7.94. The second kappa shape index (κ2) is 6.08. The molecule has 1 aromatic carbocycles. The fourth-order valence-electron chi connectivity index (χ4n) is 1.64. The van der Waals surface area contributed by atoms with Crippen LogP contribution in [0.15, 0.2) is 34.8 Å². The Kier molecular flexibility index (Phi) is 4.44. The second-order valence-electron chi connectivity index (χ2n) is 3.93. The molecule has 0 aliphatic heterocycles. The summed E-state index contributed by atoms with van der Waals surface area (Å²) in [7, 11) is 1.49. The maximum absolute atomic E-state index is 13.4. The minimum Gasteiger partial charge on any atom is -0.480 e. The van der Waals surface area contributed by atoms with Crippen molar-refractivity contribution in [2.24, 2.45) is 0 Å². The third-order valence-corrected chi connectivity index (χ3v) is 3.54. The van der Waals surface area contributed by atoms with Crippen LogP contribution < -0.4 is 4.74 Å². The molecule has 2 aromatic rings. The van der Waals surface area contributed by atoms with Crippen LogP contribution in [0.1, 0.15) is 17.4 Å². The van der Waals surface area contributed by atoms with E-state index < -0.39 is 6.10 Å². The van der Waals surface area contributed by atoms with Crippen molar-refractivity contribution in [2.75, 3.05) is 7.11 Å². The fraction of sp³-hybridized carbons (Fsp3) is 0.231. The van der Waals surface area contributed by atoms with Crippen molar-refractivity contribution >= 4 is 15.9 Å². The highest BCUT2D eigenvalue weighted by Crippen LogP contribution is 2.25. The number of nitrogens with zero attached hydrogens (tertiary/aromatic N) is 2. The first kappa shape index (κ1) is 13.9. The summed E-state index contributed by atoms with van der Waals surface area (Å²) in [5.74, 6) is 0.0217. The van der Waals surface area contributed by atoms with E-state index >= 15 is 0 Å². The van der Waals surface area contributed by atoms with Crippen molar-refractivity contribution < 1.29 is 14.2 Å². The lowest BCUT2D eigenvalue weighted by atomic mass is 10.1. The summed E-state index contributed by atoms with van der Waals surface area (Å²) in [6.45, 7) is 0. The SMILES string of the molecule is COc1ccc(C(O)Cc2cccc(F)c2Br)nn1. The van der Waals surface area contributed by atoms with Crippen molar-refractivity contribution in [1.82, 2.24) is 10.2 Å². The Morgan fingerprint density at radius 2 is 2.11 bits per heavy atom. The number of aromatic nitrogens is 2. The quantitative estimate of drug-likeness (QED) is 0.938. The minimum atomic E-state index is -0.850. The van der Waals surface area contributed by atoms with Gasteiger partial charge in [-0.05, 0) is 33.6 Å². The van der Waals surface area contributed by atoms with Gasteiger partial charge in [0.25, 0.3) is 0 Å². The third-order valence-electron chi connectivity index (χ3n) is 2.66. The number of hydrogen-bond acceptors (Lipinski definition) is 4. The molecule has 0 bridgehead atoms. The molecule has 0 fully saturated rings. The molecule has 19 heavy (non-hydrogen) atoms. The molecule has 1 heterocycles. The van der Waals surface area contributed by atoms with E-state index in [2.05, 4.69) is 26.1 Å². The lowest BCUT2D eigenvalue weighted by Gasteiger charge is -2.11. The first-order valence-corrected chi connectivity index (χ1v) is 6.39. The summed E-state index contributed by atoms with van der Waals surface area (Å²) in [5.41, 5.74) is 1.09. The Balaban J connectivity index is 2.15. The Bertz CT molecular complexity index is 563. The van der Waals surface area contributed by atoms with Gasteiger partial charge >= 0.3 is 0 Å². The number of halogens is 2. The van der Waals surface area contributed by atoms with E-state index in [4.69, 9.17) is 4.74 Å². The van der Waals surface area contributed by atoms with Gasteiger partial charge in [0.2, 0.25) is 5.88 Å². The molecule has 0 amide bonds. The molecule has 0 saturated carbocycles. The molecular formula is C13H12BrFN2O2. The molecule has 0 saturated heterocycles. The maximum atomic E-state index is 13.4. The lowest BCUT2D eigenvalue weighted by molar-refractivity contribution is 0.171. The standard InChI is InChI=1S/C13H12BrFN2O2/c1-19-12-6-5-10(16-17-12)11(18)7-8-3-2-4-9(15)13(8)14/h2-6,11,18H,7H2,1H3. The fourth-order valence-corrected chi connectivity index (χ4v) is 2.06. The number of methoxy groups -OCH3 is 1. The minimum absolute atomic E-state index is 0.249. The molecule has 1 atom stereocenters. The van der Waals surface area contributed by atoms with Crippen molar-refractivity contribution in [3.8, 4) is 5.88 Å². The van der Waals surface area contributed by atoms with Crippen molar-refractivity contribution in [1.29, 1.82) is 0 Å². The molecular weight excluding hydrogens is 315 g/mol. The van der Waals surface area contributed by atoms with Crippen molar-refractivity contribution in [3.05, 3.63) is 51.9 Å². The van der Waals surface area contributed by atoms with Crippen molar-refractivity contribution in [2.45, 2.75) is 12.5 Å². The normalized spacial score (nSPS) is 12.2. The molecule has 0 aliphatic rings. The predicted molar refractivity (Wildman–Crippen MR) is 71.3 cm³/mol. The molecule has 1 unspecified atom stereocenters. The monoisotopic (exact) mass is 326 g/mol. The van der Waals surface area contributed by atoms with E-state index in [-0.39, 0.29) is 12.2 Å². The molecule has 2 rings (SSSR count). The summed E-state index contributed by atoms with van der Waals surface area (Å²) >= 11 is 3.16. The van der Waals surface area contributed by atoms with E-state index in [1.54, 1.807) is 24.3 Å². The zero-order chi connectivity index (χ0) is 13.8. The molecule has 6 heteroatoms. The predicted octanol–water partition coefficient (Wildman–Crippen LogP) is 2.66. The zero-order valence-corrected chi connectivity index (χ0v) is 11.8. The zero-order valence-electron chi connectivity index (χ0n) is 10.2. The molecule has 4 nitrogen and oxygen atoms in total. The van der Waals surface area contributed by atoms with Crippen molar-refractivity contribution in [3.63, 3.8) is 0 Å². The average molecular weight is 327 g/mol. The average Bonchev–Trinajstić information content (AvgIpc) is 2.44. The van der Waals surface area contributed by atoms with Crippen LogP contribution in [0.25, 0.3) is 0 Å². The van der Waals surface area contributed by atoms with E-state index in [0.717, 1.165) is 0 Å². The van der Waals surface area contributed by atoms with Crippen LogP contribution in [0.3, 0.4) is 0 Å². The van der Waals surface area contributed by atoms with E-state index in [1.165, 1.54) is 13.2 Å². The largest absolute Gasteiger partial charge is 0.480 e. The summed E-state index contributed by atoms with van der Waals surface area (Å²) in [6.07, 6.45) is -0.601. The highest BCUT2D eigenvalue weighted by Gasteiger charge is 2.14. The van der Waals surface area contributed by atoms with Gasteiger partial charge < -0.3 is 9.84 Å². The first-order valence-electron chi connectivity index (χ1n) is 5.60. The van der Waals surface area contributed by atoms with Crippen LogP contribution in [0, 0.1) is 5.82 Å². The molecule has 0 spiro atoms. The molecule has 1 N–H and O–H groups in total. The maximum Gasteiger partial charge on any atom is 0.233 e. The number of benzene rings is 1. The van der Waals surface area contributed by atoms with Gasteiger partial charge in [-0.15, -0.1) is 10.2 Å². The number of ether oxygens (including phenoxy) is 1. The highest BCUT2D eigenvalue weighted by atomic mass is 79.9. The van der Waals surface area contributed by atoms with Crippen LogP contribution in [0.4, 0.5) is 4.39 Å². The number of aliphatic hydroxyl groups is 1. The Hall–Kier alpha value is -1.53. The Morgan fingerprint density at radius 1 is 1.32 bits per heavy atom. The van der Waals surface area contributed by atoms with E-state index in [1.807, 2.05) is 0 Å². The van der Waals surface area contributed by atoms with Gasteiger partial charge in [-0.25, -0.2) is 4.39 Å². The number of hydrogen-bond donors (Lipinski definition) is 1. The third kappa shape index (κ3) is 3.27. The van der Waals surface area contributed by atoms with Gasteiger partial charge in [-0.3, -0.25) is 0 Å². The smallest absolute Gasteiger partial charge is 0.233 e. The van der Waals surface area contributed by atoms with Crippen LogP contribution in [0.2, 0.25) is 0 Å². The van der Waals surface area contributed by atoms with Gasteiger partial charge in [-0.2, -0.15) is 0 Å². The Labute approximate surface area is 118 Å². The van der Waals surface area contributed by atoms with Gasteiger partial charge in [-0.1, -0.05) is 12.1 Å². The molecule has 1 aromatic heterocycles. The summed E-state index contributed by atoms with van der Waals surface area (Å²) in [5, 5.41) is 17.7. The highest BCUT2D eigenvalue weighted by molar-refractivity contribution is 9.10. The number of rotatable bonds is 4. The molecule has 100 valence electrons. The molecule has 0 radical (unpaired) electrons. The van der Waals surface area contributed by atoms with Crippen LogP contribution in [-0.2, 0) is 6.42 Å². The summed E-state index contributed by atoms with van der Waals surface area (Å²) < 4.78 is 18.6. The topological polar surface area (TPSA) is 55.2 Å². The van der Waals surface area contributed by atoms with Crippen LogP contribution in [-0.4, -0.2) is 22.4 Å². The van der Waals surface area contributed by atoms with Crippen LogP contribution in [0.5, 0.6) is 5.88 Å². The Morgan fingerprint density at radius 3 is 2.74 bits per heavy atom. The van der Waals surface area contributed by atoms with E-state index in [0.29, 0.717) is 21.6 Å². The van der Waals surface area contributed by atoms with Crippen LogP contribution >= 0.6 is 15.9 Å². The number of aliphatic hydroxyl groups excluding tert-OH is 1.